The molecular formula is C80H148NO8P. The SMILES string of the molecule is CC/C=C\C/C=C\C/C=C\C/C=C\C/C=C\C/C=C\CCCCCCCCCCCCCCCCCCCCCCC(=O)OC(COC(=O)CCCCCCCCCCCCCCCCCCCCCCCCCCCCC)COP(=O)([O-])OCC[N+](C)(C)C. The molecule has 0 fully saturated rings. The number of nitrogens with zero attached hydrogens (tertiary/aromatic N) is 1. The number of carbonyl (C=O) groups excluding carboxylic acids is 2. The van der Waals surface area contributed by atoms with E-state index in [0.717, 1.165) is 70.6 Å². The molecule has 0 radical (unpaired) electrons. The molecule has 2 unspecified atom stereocenters. The summed E-state index contributed by atoms with van der Waals surface area (Å²) in [6.07, 6.45) is 95.9. The number of phosphoric acid groups is 1. The Kier molecular flexibility index (Phi) is 68.8. The Balaban J connectivity index is 3.94. The van der Waals surface area contributed by atoms with Gasteiger partial charge in [0.05, 0.1) is 27.7 Å². The van der Waals surface area contributed by atoms with Crippen LogP contribution in [0.2, 0.25) is 0 Å². The first kappa shape index (κ1) is 87.5. The summed E-state index contributed by atoms with van der Waals surface area (Å²) in [6, 6.07) is 0. The largest absolute Gasteiger partial charge is 0.756 e. The van der Waals surface area contributed by atoms with Crippen molar-refractivity contribution in [2.24, 2.45) is 0 Å². The number of unbranched alkanes of at least 4 members (excludes halogenated alkanes) is 46. The zero-order valence-electron chi connectivity index (χ0n) is 60.1. The van der Waals surface area contributed by atoms with Gasteiger partial charge in [-0.15, -0.1) is 0 Å². The predicted molar refractivity (Wildman–Crippen MR) is 388 cm³/mol. The van der Waals surface area contributed by atoms with Crippen LogP contribution in [0.5, 0.6) is 0 Å². The highest BCUT2D eigenvalue weighted by atomic mass is 31.2. The van der Waals surface area contributed by atoms with Crippen LogP contribution in [0.15, 0.2) is 72.9 Å². The molecular weight excluding hydrogens is 1130 g/mol. The summed E-state index contributed by atoms with van der Waals surface area (Å²) in [5.41, 5.74) is 0. The van der Waals surface area contributed by atoms with E-state index in [2.05, 4.69) is 86.8 Å². The Bertz CT molecular complexity index is 1750. The number of phosphoric ester groups is 1. The van der Waals surface area contributed by atoms with Gasteiger partial charge in [0, 0.05) is 12.8 Å². The average molecular weight is 1280 g/mol. The van der Waals surface area contributed by atoms with E-state index >= 15 is 0 Å². The van der Waals surface area contributed by atoms with E-state index in [1.807, 2.05) is 21.1 Å². The summed E-state index contributed by atoms with van der Waals surface area (Å²) in [5.74, 6) is -0.811. The lowest BCUT2D eigenvalue weighted by Gasteiger charge is -2.28. The first-order valence-electron chi connectivity index (χ1n) is 38.6. The molecule has 0 amide bonds. The van der Waals surface area contributed by atoms with Crippen molar-refractivity contribution in [2.45, 2.75) is 380 Å². The molecule has 9 nitrogen and oxygen atoms in total. The fourth-order valence-corrected chi connectivity index (χ4v) is 12.1. The zero-order chi connectivity index (χ0) is 65.5. The van der Waals surface area contributed by atoms with E-state index in [1.165, 1.54) is 270 Å². The number of hydrogen-bond acceptors (Lipinski definition) is 8. The Morgan fingerprint density at radius 3 is 0.944 bits per heavy atom. The molecule has 0 aromatic carbocycles. The smallest absolute Gasteiger partial charge is 0.306 e. The minimum absolute atomic E-state index is 0.0288. The second kappa shape index (κ2) is 70.8. The third-order valence-electron chi connectivity index (χ3n) is 17.2. The van der Waals surface area contributed by atoms with Gasteiger partial charge in [-0.25, -0.2) is 0 Å². The van der Waals surface area contributed by atoms with E-state index in [1.54, 1.807) is 0 Å². The van der Waals surface area contributed by atoms with Gasteiger partial charge >= 0.3 is 11.9 Å². The van der Waals surface area contributed by atoms with E-state index in [0.29, 0.717) is 17.4 Å². The molecule has 0 bridgehead atoms. The Morgan fingerprint density at radius 2 is 0.633 bits per heavy atom. The topological polar surface area (TPSA) is 111 Å². The number of esters is 2. The molecule has 0 aliphatic carbocycles. The first-order valence-corrected chi connectivity index (χ1v) is 40.1. The molecule has 0 heterocycles. The first-order chi connectivity index (χ1) is 44.0. The maximum absolute atomic E-state index is 12.9. The Hall–Kier alpha value is -2.55. The van der Waals surface area contributed by atoms with Crippen molar-refractivity contribution in [3.8, 4) is 0 Å². The number of quaternary nitrogens is 1. The summed E-state index contributed by atoms with van der Waals surface area (Å²) in [7, 11) is 1.18. The predicted octanol–water partition coefficient (Wildman–Crippen LogP) is 24.9. The van der Waals surface area contributed by atoms with Crippen LogP contribution in [0.4, 0.5) is 0 Å². The lowest BCUT2D eigenvalue weighted by molar-refractivity contribution is -0.870. The highest BCUT2D eigenvalue weighted by Gasteiger charge is 2.22. The van der Waals surface area contributed by atoms with Gasteiger partial charge in [-0.1, -0.05) is 369 Å². The third kappa shape index (κ3) is 74.5. The maximum atomic E-state index is 12.9. The quantitative estimate of drug-likeness (QED) is 0.0195. The molecule has 0 aromatic heterocycles. The van der Waals surface area contributed by atoms with E-state index in [9.17, 15) is 19.0 Å². The van der Waals surface area contributed by atoms with Gasteiger partial charge in [0.15, 0.2) is 6.10 Å². The standard InChI is InChI=1S/C80H148NO8P/c1-6-8-10-12-14-16-18-20-22-24-26-28-30-32-34-35-36-37-38-39-40-41-42-43-44-45-47-49-51-53-55-57-59-61-63-65-67-69-71-73-80(83)89-78(77-88-90(84,85)87-75-74-81(3,4)5)76-86-79(82)72-70-68-66-64-62-60-58-56-54-52-50-48-46-33-31-29-27-25-23-21-19-17-15-13-11-9-7-2/h8,10,14,16,20,22,26,28,32,34,36-37,78H,6-7,9,11-13,15,17-19,21,23-25,27,29-31,33,35,38-77H2,1-5H3/b10-8-,16-14-,22-20-,28-26-,34-32-,37-36-. The molecule has 0 N–H and O–H groups in total. The molecule has 0 aromatic rings. The Labute approximate surface area is 559 Å². The summed E-state index contributed by atoms with van der Waals surface area (Å²) >= 11 is 0. The zero-order valence-corrected chi connectivity index (χ0v) is 61.0. The molecule has 526 valence electrons. The van der Waals surface area contributed by atoms with Gasteiger partial charge in [0.25, 0.3) is 7.82 Å². The molecule has 0 saturated carbocycles. The van der Waals surface area contributed by atoms with Gasteiger partial charge < -0.3 is 27.9 Å². The van der Waals surface area contributed by atoms with Crippen molar-refractivity contribution in [1.82, 2.24) is 0 Å². The minimum Gasteiger partial charge on any atom is -0.756 e. The van der Waals surface area contributed by atoms with Crippen molar-refractivity contribution >= 4 is 19.8 Å². The van der Waals surface area contributed by atoms with Gasteiger partial charge in [-0.05, 0) is 64.2 Å². The van der Waals surface area contributed by atoms with Crippen molar-refractivity contribution in [2.75, 3.05) is 47.5 Å². The maximum Gasteiger partial charge on any atom is 0.306 e. The summed E-state index contributed by atoms with van der Waals surface area (Å²) in [4.78, 5) is 38.1. The van der Waals surface area contributed by atoms with Crippen LogP contribution in [0.1, 0.15) is 373 Å². The number of likely N-dealkylation sites (N-methyl/N-ethyl adjacent to an activating group) is 1. The van der Waals surface area contributed by atoms with Crippen molar-refractivity contribution in [3.05, 3.63) is 72.9 Å². The van der Waals surface area contributed by atoms with Gasteiger partial charge in [-0.3, -0.25) is 14.2 Å². The Morgan fingerprint density at radius 1 is 0.356 bits per heavy atom. The number of carbonyl (C=O) groups is 2. The van der Waals surface area contributed by atoms with Crippen LogP contribution in [0, 0.1) is 0 Å². The lowest BCUT2D eigenvalue weighted by atomic mass is 10.0. The normalized spacial score (nSPS) is 13.4. The molecule has 0 spiro atoms. The third-order valence-corrected chi connectivity index (χ3v) is 18.2. The van der Waals surface area contributed by atoms with E-state index in [-0.39, 0.29) is 32.0 Å². The van der Waals surface area contributed by atoms with Crippen molar-refractivity contribution < 1.29 is 42.1 Å². The van der Waals surface area contributed by atoms with Crippen LogP contribution >= 0.6 is 7.82 Å². The van der Waals surface area contributed by atoms with Gasteiger partial charge in [-0.2, -0.15) is 0 Å². The average Bonchev–Trinajstić information content (AvgIpc) is 3.58. The van der Waals surface area contributed by atoms with Gasteiger partial charge in [0.2, 0.25) is 0 Å². The molecule has 0 saturated heterocycles. The van der Waals surface area contributed by atoms with Crippen LogP contribution < -0.4 is 4.89 Å². The van der Waals surface area contributed by atoms with Gasteiger partial charge in [0.1, 0.15) is 19.8 Å². The highest BCUT2D eigenvalue weighted by Crippen LogP contribution is 2.38. The minimum atomic E-state index is -4.64. The number of rotatable bonds is 72. The fraction of sp³-hybridized carbons (Fsp3) is 0.825. The van der Waals surface area contributed by atoms with Crippen molar-refractivity contribution in [1.29, 1.82) is 0 Å². The highest BCUT2D eigenvalue weighted by molar-refractivity contribution is 7.45. The summed E-state index contributed by atoms with van der Waals surface area (Å²) < 4.78 is 34.4. The molecule has 90 heavy (non-hydrogen) atoms. The summed E-state index contributed by atoms with van der Waals surface area (Å²) in [6.45, 7) is 4.19. The molecule has 2 atom stereocenters. The fourth-order valence-electron chi connectivity index (χ4n) is 11.4. The van der Waals surface area contributed by atoms with Crippen LogP contribution in [0.25, 0.3) is 0 Å². The van der Waals surface area contributed by atoms with Crippen LogP contribution in [-0.4, -0.2) is 70.0 Å². The lowest BCUT2D eigenvalue weighted by Crippen LogP contribution is -2.37. The number of hydrogen-bond donors (Lipinski definition) is 0. The molecule has 0 rings (SSSR count). The van der Waals surface area contributed by atoms with E-state index in [4.69, 9.17) is 18.5 Å². The monoisotopic (exact) mass is 1280 g/mol. The van der Waals surface area contributed by atoms with Crippen LogP contribution in [0.3, 0.4) is 0 Å². The second-order valence-corrected chi connectivity index (χ2v) is 28.8. The molecule has 10 heteroatoms. The molecule has 0 aliphatic rings. The number of allylic oxidation sites excluding steroid dienone is 12. The van der Waals surface area contributed by atoms with E-state index < -0.39 is 26.5 Å². The van der Waals surface area contributed by atoms with Crippen LogP contribution in [-0.2, 0) is 32.7 Å². The second-order valence-electron chi connectivity index (χ2n) is 27.4. The van der Waals surface area contributed by atoms with Crippen molar-refractivity contribution in [3.63, 3.8) is 0 Å². The summed E-state index contributed by atoms with van der Waals surface area (Å²) in [5, 5.41) is 0. The number of ether oxygens (including phenoxy) is 2. The molecule has 0 aliphatic heterocycles.